The molecule has 0 saturated heterocycles. The minimum atomic E-state index is -0.579. The quantitative estimate of drug-likeness (QED) is 0.833. The Kier molecular flexibility index (Phi) is 4.10. The van der Waals surface area contributed by atoms with Gasteiger partial charge in [0.05, 0.1) is 6.08 Å². The predicted molar refractivity (Wildman–Crippen MR) is 82.5 cm³/mol. The van der Waals surface area contributed by atoms with Crippen LogP contribution in [0, 0.1) is 5.92 Å². The lowest BCUT2D eigenvalue weighted by molar-refractivity contribution is -0.165. The fraction of sp³-hybridized carbons (Fsp3) is 0.500. The first-order valence-corrected chi connectivity index (χ1v) is 7.98. The van der Waals surface area contributed by atoms with E-state index in [2.05, 4.69) is 0 Å². The summed E-state index contributed by atoms with van der Waals surface area (Å²) < 4.78 is 5.75. The van der Waals surface area contributed by atoms with Crippen LogP contribution in [0.5, 0.6) is 5.75 Å². The molecule has 2 N–H and O–H groups in total. The molecule has 0 spiro atoms. The van der Waals surface area contributed by atoms with E-state index in [4.69, 9.17) is 4.74 Å². The lowest BCUT2D eigenvalue weighted by atomic mass is 9.77. The van der Waals surface area contributed by atoms with E-state index in [0.717, 1.165) is 37.7 Å². The third-order valence-electron chi connectivity index (χ3n) is 4.94. The van der Waals surface area contributed by atoms with Gasteiger partial charge in [0, 0.05) is 6.42 Å². The van der Waals surface area contributed by atoms with Crippen molar-refractivity contribution in [1.29, 1.82) is 0 Å². The first-order chi connectivity index (χ1) is 10.6. The topological polar surface area (TPSA) is 66.8 Å². The second kappa shape index (κ2) is 6.03. The van der Waals surface area contributed by atoms with Crippen LogP contribution in [-0.2, 0) is 16.0 Å². The van der Waals surface area contributed by atoms with Gasteiger partial charge in [-0.25, -0.2) is 4.79 Å². The number of ether oxygens (including phenoxy) is 1. The number of aliphatic hydroxyl groups excluding tert-OH is 1. The molecule has 1 aliphatic carbocycles. The number of aliphatic hydroxyl groups is 1. The average molecular weight is 302 g/mol. The van der Waals surface area contributed by atoms with Crippen molar-refractivity contribution in [3.05, 3.63) is 41.7 Å². The first-order valence-electron chi connectivity index (χ1n) is 7.98. The van der Waals surface area contributed by atoms with Crippen molar-refractivity contribution in [2.24, 2.45) is 5.92 Å². The highest BCUT2D eigenvalue weighted by molar-refractivity contribution is 5.83. The number of carbonyl (C=O) groups excluding carboxylic acids is 1. The molecular weight excluding hydrogens is 280 g/mol. The molecule has 0 bridgehead atoms. The van der Waals surface area contributed by atoms with Gasteiger partial charge in [-0.3, -0.25) is 0 Å². The molecule has 1 fully saturated rings. The summed E-state index contributed by atoms with van der Waals surface area (Å²) in [5.74, 6) is 0.276. The van der Waals surface area contributed by atoms with Crippen LogP contribution in [0.2, 0.25) is 0 Å². The van der Waals surface area contributed by atoms with E-state index in [1.54, 1.807) is 12.1 Å². The van der Waals surface area contributed by atoms with Crippen LogP contribution in [0.1, 0.15) is 44.1 Å². The molecule has 4 nitrogen and oxygen atoms in total. The summed E-state index contributed by atoms with van der Waals surface area (Å²) in [6.07, 6.45) is 7.49. The van der Waals surface area contributed by atoms with Gasteiger partial charge in [0.1, 0.15) is 17.1 Å². The highest BCUT2D eigenvalue weighted by atomic mass is 16.6. The SMILES string of the molecule is O=C1C=C(O)C[C@@](CCc2ccc(O)cc2)(C2CCCC2)O1. The smallest absolute Gasteiger partial charge is 0.334 e. The number of carbonyl (C=O) groups is 1. The Morgan fingerprint density at radius 3 is 2.45 bits per heavy atom. The van der Waals surface area contributed by atoms with Crippen LogP contribution in [-0.4, -0.2) is 21.8 Å². The normalized spacial score (nSPS) is 25.8. The maximum absolute atomic E-state index is 11.8. The largest absolute Gasteiger partial charge is 0.512 e. The monoisotopic (exact) mass is 302 g/mol. The van der Waals surface area contributed by atoms with Crippen LogP contribution < -0.4 is 0 Å². The molecule has 0 radical (unpaired) electrons. The second-order valence-corrected chi connectivity index (χ2v) is 6.45. The molecule has 1 saturated carbocycles. The van der Waals surface area contributed by atoms with Crippen molar-refractivity contribution in [3.63, 3.8) is 0 Å². The molecule has 1 heterocycles. The summed E-state index contributed by atoms with van der Waals surface area (Å²) in [5, 5.41) is 19.3. The van der Waals surface area contributed by atoms with Crippen LogP contribution in [0.4, 0.5) is 0 Å². The molecule has 1 aliphatic heterocycles. The third kappa shape index (κ3) is 3.11. The van der Waals surface area contributed by atoms with E-state index < -0.39 is 11.6 Å². The number of esters is 1. The average Bonchev–Trinajstić information content (AvgIpc) is 3.00. The molecule has 0 amide bonds. The van der Waals surface area contributed by atoms with Crippen molar-refractivity contribution in [1.82, 2.24) is 0 Å². The number of hydrogen-bond acceptors (Lipinski definition) is 4. The Morgan fingerprint density at radius 1 is 1.14 bits per heavy atom. The number of phenols is 1. The Labute approximate surface area is 130 Å². The molecule has 0 unspecified atom stereocenters. The molecule has 22 heavy (non-hydrogen) atoms. The van der Waals surface area contributed by atoms with Gasteiger partial charge in [0.25, 0.3) is 0 Å². The molecule has 118 valence electrons. The Morgan fingerprint density at radius 2 is 1.82 bits per heavy atom. The number of cyclic esters (lactones) is 1. The zero-order chi connectivity index (χ0) is 15.6. The molecular formula is C18H22O4. The van der Waals surface area contributed by atoms with E-state index in [1.807, 2.05) is 12.1 Å². The van der Waals surface area contributed by atoms with Gasteiger partial charge in [0.15, 0.2) is 0 Å². The number of benzene rings is 1. The van der Waals surface area contributed by atoms with Gasteiger partial charge in [0.2, 0.25) is 0 Å². The van der Waals surface area contributed by atoms with E-state index in [-0.39, 0.29) is 11.5 Å². The number of hydrogen-bond donors (Lipinski definition) is 2. The van der Waals surface area contributed by atoms with Crippen molar-refractivity contribution < 1.29 is 19.7 Å². The van der Waals surface area contributed by atoms with Gasteiger partial charge in [-0.15, -0.1) is 0 Å². The van der Waals surface area contributed by atoms with E-state index >= 15 is 0 Å². The summed E-state index contributed by atoms with van der Waals surface area (Å²) in [5.41, 5.74) is 0.518. The number of aromatic hydroxyl groups is 1. The van der Waals surface area contributed by atoms with Crippen molar-refractivity contribution >= 4 is 5.97 Å². The van der Waals surface area contributed by atoms with Gasteiger partial charge in [-0.2, -0.15) is 0 Å². The number of rotatable bonds is 4. The maximum atomic E-state index is 11.8. The zero-order valence-corrected chi connectivity index (χ0v) is 12.6. The fourth-order valence-corrected chi connectivity index (χ4v) is 3.80. The molecule has 2 aliphatic rings. The third-order valence-corrected chi connectivity index (χ3v) is 4.94. The lowest BCUT2D eigenvalue weighted by Crippen LogP contribution is -2.44. The standard InChI is InChI=1S/C18H22O4/c19-15-7-5-13(6-8-15)9-10-18(14-3-1-2-4-14)12-16(20)11-17(21)22-18/h5-8,11,14,19-20H,1-4,9-10,12H2/t18-/m0/s1. The second-order valence-electron chi connectivity index (χ2n) is 6.45. The number of phenolic OH excluding ortho intramolecular Hbond substituents is 1. The highest BCUT2D eigenvalue weighted by Gasteiger charge is 2.45. The Hall–Kier alpha value is -1.97. The van der Waals surface area contributed by atoms with Crippen molar-refractivity contribution in [2.75, 3.05) is 0 Å². The summed E-state index contributed by atoms with van der Waals surface area (Å²) in [4.78, 5) is 11.8. The fourth-order valence-electron chi connectivity index (χ4n) is 3.80. The summed E-state index contributed by atoms with van der Waals surface area (Å²) in [7, 11) is 0. The van der Waals surface area contributed by atoms with Crippen LogP contribution in [0.25, 0.3) is 0 Å². The summed E-state index contributed by atoms with van der Waals surface area (Å²) >= 11 is 0. The van der Waals surface area contributed by atoms with Crippen LogP contribution in [0.3, 0.4) is 0 Å². The van der Waals surface area contributed by atoms with Crippen LogP contribution >= 0.6 is 0 Å². The van der Waals surface area contributed by atoms with Gasteiger partial charge in [-0.1, -0.05) is 25.0 Å². The summed E-state index contributed by atoms with van der Waals surface area (Å²) in [6.45, 7) is 0. The Balaban J connectivity index is 1.78. The highest BCUT2D eigenvalue weighted by Crippen LogP contribution is 2.44. The molecule has 1 aromatic carbocycles. The molecule has 1 aromatic rings. The summed E-state index contributed by atoms with van der Waals surface area (Å²) in [6, 6.07) is 7.11. The first kappa shape index (κ1) is 14.9. The lowest BCUT2D eigenvalue weighted by Gasteiger charge is -2.40. The van der Waals surface area contributed by atoms with E-state index in [1.165, 1.54) is 6.08 Å². The molecule has 3 rings (SSSR count). The predicted octanol–water partition coefficient (Wildman–Crippen LogP) is 3.64. The van der Waals surface area contributed by atoms with Gasteiger partial charge >= 0.3 is 5.97 Å². The minimum Gasteiger partial charge on any atom is -0.512 e. The van der Waals surface area contributed by atoms with Gasteiger partial charge < -0.3 is 14.9 Å². The number of aryl methyl sites for hydroxylation is 1. The molecule has 0 aromatic heterocycles. The minimum absolute atomic E-state index is 0.133. The maximum Gasteiger partial charge on any atom is 0.334 e. The van der Waals surface area contributed by atoms with E-state index in [0.29, 0.717) is 18.8 Å². The van der Waals surface area contributed by atoms with Crippen molar-refractivity contribution in [2.45, 2.75) is 50.5 Å². The molecule has 4 heteroatoms. The Bertz CT molecular complexity index is 569. The van der Waals surface area contributed by atoms with Crippen LogP contribution in [0.15, 0.2) is 36.1 Å². The zero-order valence-electron chi connectivity index (χ0n) is 12.6. The molecule has 1 atom stereocenters. The van der Waals surface area contributed by atoms with Crippen molar-refractivity contribution in [3.8, 4) is 5.75 Å². The van der Waals surface area contributed by atoms with Gasteiger partial charge in [-0.05, 0) is 49.3 Å². The van der Waals surface area contributed by atoms with E-state index in [9.17, 15) is 15.0 Å².